The summed E-state index contributed by atoms with van der Waals surface area (Å²) in [6, 6.07) is 2.82. The zero-order valence-corrected chi connectivity index (χ0v) is 18.5. The molecule has 1 aliphatic carbocycles. The normalized spacial score (nSPS) is 33.2. The van der Waals surface area contributed by atoms with Crippen molar-refractivity contribution in [3.63, 3.8) is 0 Å². The minimum Gasteiger partial charge on any atom is -0.494 e. The highest BCUT2D eigenvalue weighted by Gasteiger charge is 2.62. The first-order valence-corrected chi connectivity index (χ1v) is 10.9. The number of aromatic hydroxyl groups is 1. The lowest BCUT2D eigenvalue weighted by atomic mass is 9.63. The topological polar surface area (TPSA) is 115 Å². The Bertz CT molecular complexity index is 1330. The summed E-state index contributed by atoms with van der Waals surface area (Å²) in [6.45, 7) is 0.364. The minimum absolute atomic E-state index is 0.0834. The van der Waals surface area contributed by atoms with Crippen molar-refractivity contribution in [2.24, 2.45) is 14.1 Å². The summed E-state index contributed by atoms with van der Waals surface area (Å²) in [5.74, 6) is 0.729. The van der Waals surface area contributed by atoms with Gasteiger partial charge in [-0.1, -0.05) is 12.2 Å². The zero-order chi connectivity index (χ0) is 23.2. The van der Waals surface area contributed by atoms with Crippen molar-refractivity contribution < 1.29 is 24.4 Å². The number of aliphatic hydroxyl groups excluding tert-OH is 1. The second-order valence-electron chi connectivity index (χ2n) is 9.17. The van der Waals surface area contributed by atoms with Crippen LogP contribution in [0.25, 0.3) is 0 Å². The van der Waals surface area contributed by atoms with Crippen molar-refractivity contribution in [1.29, 1.82) is 0 Å². The number of benzene rings is 1. The van der Waals surface area contributed by atoms with Crippen LogP contribution in [0.1, 0.15) is 29.2 Å². The Hall–Kier alpha value is -3.08. The summed E-state index contributed by atoms with van der Waals surface area (Å²) < 4.78 is 18.9. The molecule has 6 rings (SSSR count). The van der Waals surface area contributed by atoms with E-state index in [4.69, 9.17) is 14.2 Å². The maximum Gasteiger partial charge on any atom is 0.333 e. The van der Waals surface area contributed by atoms with Crippen molar-refractivity contribution in [2.45, 2.75) is 36.1 Å². The lowest BCUT2D eigenvalue weighted by Crippen LogP contribution is -2.54. The first-order valence-electron chi connectivity index (χ1n) is 10.9. The summed E-state index contributed by atoms with van der Waals surface area (Å²) in [6.07, 6.45) is 3.68. The minimum atomic E-state index is -0.751. The molecule has 0 saturated carbocycles. The van der Waals surface area contributed by atoms with Crippen LogP contribution in [0, 0.1) is 0 Å². The monoisotopic (exact) mass is 455 g/mol. The van der Waals surface area contributed by atoms with Crippen LogP contribution < -0.4 is 20.7 Å². The van der Waals surface area contributed by atoms with Gasteiger partial charge in [0, 0.05) is 33.8 Å². The third kappa shape index (κ3) is 2.43. The van der Waals surface area contributed by atoms with Crippen LogP contribution in [0.15, 0.2) is 33.9 Å². The second-order valence-corrected chi connectivity index (χ2v) is 9.17. The number of methoxy groups -OCH3 is 1. The van der Waals surface area contributed by atoms with E-state index in [0.717, 1.165) is 20.3 Å². The number of rotatable bonds is 2. The lowest BCUT2D eigenvalue weighted by molar-refractivity contribution is 0.0586. The van der Waals surface area contributed by atoms with E-state index in [1.54, 1.807) is 7.11 Å². The van der Waals surface area contributed by atoms with E-state index in [1.807, 2.05) is 29.2 Å². The molecule has 1 aromatic heterocycles. The van der Waals surface area contributed by atoms with Crippen molar-refractivity contribution in [2.75, 3.05) is 20.4 Å². The Balaban J connectivity index is 1.69. The van der Waals surface area contributed by atoms with Crippen LogP contribution in [0.5, 0.6) is 17.4 Å². The van der Waals surface area contributed by atoms with E-state index < -0.39 is 28.8 Å². The van der Waals surface area contributed by atoms with Gasteiger partial charge in [-0.05, 0) is 29.7 Å². The molecule has 0 amide bonds. The molecular formula is C23H25N3O7. The molecule has 10 nitrogen and oxygen atoms in total. The maximum atomic E-state index is 13.3. The van der Waals surface area contributed by atoms with Crippen molar-refractivity contribution in [3.05, 3.63) is 61.8 Å². The van der Waals surface area contributed by atoms with Gasteiger partial charge in [0.1, 0.15) is 0 Å². The van der Waals surface area contributed by atoms with Gasteiger partial charge in [-0.25, -0.2) is 4.79 Å². The van der Waals surface area contributed by atoms with E-state index >= 15 is 0 Å². The highest BCUT2D eigenvalue weighted by molar-refractivity contribution is 5.60. The molecule has 0 radical (unpaired) electrons. The summed E-state index contributed by atoms with van der Waals surface area (Å²) in [5, 5.41) is 22.4. The molecular weight excluding hydrogens is 430 g/mol. The van der Waals surface area contributed by atoms with E-state index in [-0.39, 0.29) is 36.9 Å². The molecule has 0 spiro atoms. The smallest absolute Gasteiger partial charge is 0.333 e. The number of aliphatic hydroxyl groups is 1. The number of nitrogens with zero attached hydrogens (tertiary/aromatic N) is 3. The Morgan fingerprint density at radius 3 is 2.61 bits per heavy atom. The van der Waals surface area contributed by atoms with Gasteiger partial charge in [-0.15, -0.1) is 0 Å². The molecule has 10 heteroatoms. The van der Waals surface area contributed by atoms with E-state index in [0.29, 0.717) is 17.9 Å². The van der Waals surface area contributed by atoms with Crippen molar-refractivity contribution in [1.82, 2.24) is 14.0 Å². The van der Waals surface area contributed by atoms with Gasteiger partial charge < -0.3 is 24.4 Å². The molecule has 2 N–H and O–H groups in total. The SMILES string of the molecule is CO[C@H]1C=C[C@@]23c4cc5c(cc4[C@@H](c4c(O)n(C)c(=O)n(C)c4=O)N(C[C@@H]2O)[C@H]3C1)OCO5. The molecule has 33 heavy (non-hydrogen) atoms. The van der Waals surface area contributed by atoms with Gasteiger partial charge >= 0.3 is 5.69 Å². The van der Waals surface area contributed by atoms with Crippen molar-refractivity contribution >= 4 is 0 Å². The van der Waals surface area contributed by atoms with E-state index in [1.165, 1.54) is 14.1 Å². The number of ether oxygens (including phenoxy) is 3. The zero-order valence-electron chi connectivity index (χ0n) is 18.5. The predicted octanol–water partition coefficient (Wildman–Crippen LogP) is -0.121. The first kappa shape index (κ1) is 20.5. The summed E-state index contributed by atoms with van der Waals surface area (Å²) in [5.41, 5.74) is -0.260. The first-order chi connectivity index (χ1) is 15.8. The van der Waals surface area contributed by atoms with Crippen LogP contribution in [-0.2, 0) is 24.2 Å². The van der Waals surface area contributed by atoms with Gasteiger partial charge in [0.05, 0.1) is 29.2 Å². The molecule has 2 bridgehead atoms. The van der Waals surface area contributed by atoms with Crippen LogP contribution in [0.2, 0.25) is 0 Å². The molecule has 1 unspecified atom stereocenters. The summed E-state index contributed by atoms with van der Waals surface area (Å²) >= 11 is 0. The van der Waals surface area contributed by atoms with Crippen LogP contribution in [-0.4, -0.2) is 62.9 Å². The second kappa shape index (κ2) is 6.72. The fourth-order valence-electron chi connectivity index (χ4n) is 6.16. The summed E-state index contributed by atoms with van der Waals surface area (Å²) in [7, 11) is 4.46. The Labute approximate surface area is 188 Å². The number of fused-ring (bicyclic) bond motifs is 2. The molecule has 4 heterocycles. The van der Waals surface area contributed by atoms with Gasteiger partial charge in [-0.3, -0.25) is 18.8 Å². The van der Waals surface area contributed by atoms with Crippen LogP contribution in [0.4, 0.5) is 0 Å². The average molecular weight is 455 g/mol. The maximum absolute atomic E-state index is 13.3. The summed E-state index contributed by atoms with van der Waals surface area (Å²) in [4.78, 5) is 27.8. The molecule has 1 fully saturated rings. The van der Waals surface area contributed by atoms with Crippen LogP contribution >= 0.6 is 0 Å². The number of hydrogen-bond acceptors (Lipinski definition) is 8. The fraction of sp³-hybridized carbons (Fsp3) is 0.478. The lowest BCUT2D eigenvalue weighted by Gasteiger charge is -2.49. The quantitative estimate of drug-likeness (QED) is 0.603. The molecule has 4 aliphatic rings. The van der Waals surface area contributed by atoms with E-state index in [9.17, 15) is 19.8 Å². The van der Waals surface area contributed by atoms with Gasteiger partial charge in [0.25, 0.3) is 5.56 Å². The van der Waals surface area contributed by atoms with Crippen molar-refractivity contribution in [3.8, 4) is 17.4 Å². The molecule has 1 saturated heterocycles. The molecule has 2 aromatic rings. The average Bonchev–Trinajstić information content (AvgIpc) is 3.37. The Kier molecular flexibility index (Phi) is 4.18. The van der Waals surface area contributed by atoms with Crippen LogP contribution in [0.3, 0.4) is 0 Å². The standard InChI is InChI=1S/C23H25N3O7/c1-24-20(28)18(21(29)25(2)22(24)30)19-12-7-14-15(33-10-32-14)8-13(12)23-5-4-11(31-3)6-16(23)26(19)9-17(23)27/h4-5,7-8,11,16-17,19,27-28H,6,9-10H2,1-3H3/t11-,16-,17-,19-,23-/m0/s1. The number of hydrogen-bond donors (Lipinski definition) is 2. The Morgan fingerprint density at radius 2 is 1.88 bits per heavy atom. The van der Waals surface area contributed by atoms with Gasteiger partial charge in [-0.2, -0.15) is 0 Å². The molecule has 174 valence electrons. The number of aromatic nitrogens is 2. The largest absolute Gasteiger partial charge is 0.494 e. The fourth-order valence-corrected chi connectivity index (χ4v) is 6.16. The van der Waals surface area contributed by atoms with Gasteiger partial charge in [0.15, 0.2) is 11.5 Å². The molecule has 1 aromatic carbocycles. The highest BCUT2D eigenvalue weighted by atomic mass is 16.7. The third-order valence-corrected chi connectivity index (χ3v) is 7.81. The predicted molar refractivity (Wildman–Crippen MR) is 116 cm³/mol. The molecule has 6 atom stereocenters. The molecule has 3 aliphatic heterocycles. The third-order valence-electron chi connectivity index (χ3n) is 7.81. The Morgan fingerprint density at radius 1 is 1.15 bits per heavy atom. The highest BCUT2D eigenvalue weighted by Crippen LogP contribution is 2.58. The van der Waals surface area contributed by atoms with E-state index in [2.05, 4.69) is 0 Å². The van der Waals surface area contributed by atoms with Gasteiger partial charge in [0.2, 0.25) is 12.7 Å².